The molecular formula is C21H21N3O3. The van der Waals surface area contributed by atoms with Crippen molar-refractivity contribution >= 4 is 22.9 Å². The summed E-state index contributed by atoms with van der Waals surface area (Å²) in [6, 6.07) is 12.8. The average molecular weight is 363 g/mol. The number of aryl methyl sites for hydroxylation is 1. The van der Waals surface area contributed by atoms with Crippen LogP contribution in [0.25, 0.3) is 11.0 Å². The van der Waals surface area contributed by atoms with Crippen molar-refractivity contribution in [2.75, 3.05) is 6.61 Å². The molecule has 0 radical (unpaired) electrons. The molecule has 0 spiro atoms. The van der Waals surface area contributed by atoms with Gasteiger partial charge in [-0.2, -0.15) is 0 Å². The van der Waals surface area contributed by atoms with Crippen LogP contribution >= 0.6 is 0 Å². The van der Waals surface area contributed by atoms with Gasteiger partial charge in [0.1, 0.15) is 0 Å². The third-order valence-corrected chi connectivity index (χ3v) is 4.26. The van der Waals surface area contributed by atoms with Gasteiger partial charge in [-0.1, -0.05) is 36.8 Å². The van der Waals surface area contributed by atoms with Crippen molar-refractivity contribution < 1.29 is 14.3 Å². The van der Waals surface area contributed by atoms with Crippen LogP contribution < -0.4 is 5.32 Å². The third kappa shape index (κ3) is 4.67. The maximum absolute atomic E-state index is 12.2. The maximum Gasteiger partial charge on any atom is 0.338 e. The molecule has 1 atom stereocenters. The minimum Gasteiger partial charge on any atom is -0.452 e. The Labute approximate surface area is 157 Å². The molecule has 0 unspecified atom stereocenters. The number of hydrogen-bond donors (Lipinski definition) is 1. The second kappa shape index (κ2) is 8.40. The molecule has 138 valence electrons. The van der Waals surface area contributed by atoms with Crippen molar-refractivity contribution in [3.8, 4) is 0 Å². The zero-order valence-corrected chi connectivity index (χ0v) is 15.3. The number of carbonyl (C=O) groups is 2. The predicted molar refractivity (Wildman–Crippen MR) is 102 cm³/mol. The quantitative estimate of drug-likeness (QED) is 0.679. The lowest BCUT2D eigenvalue weighted by atomic mass is 10.0. The molecule has 1 N–H and O–H groups in total. The van der Waals surface area contributed by atoms with Gasteiger partial charge < -0.3 is 10.1 Å². The molecule has 27 heavy (non-hydrogen) atoms. The van der Waals surface area contributed by atoms with Crippen LogP contribution in [0.2, 0.25) is 0 Å². The summed E-state index contributed by atoms with van der Waals surface area (Å²) in [7, 11) is 0. The fourth-order valence-electron chi connectivity index (χ4n) is 2.76. The van der Waals surface area contributed by atoms with E-state index in [2.05, 4.69) is 15.3 Å². The zero-order valence-electron chi connectivity index (χ0n) is 15.3. The number of esters is 1. The van der Waals surface area contributed by atoms with Crippen LogP contribution in [0.15, 0.2) is 54.9 Å². The van der Waals surface area contributed by atoms with E-state index in [0.717, 1.165) is 17.5 Å². The Morgan fingerprint density at radius 3 is 2.44 bits per heavy atom. The third-order valence-electron chi connectivity index (χ3n) is 4.26. The Balaban J connectivity index is 1.58. The molecule has 0 aliphatic carbocycles. The summed E-state index contributed by atoms with van der Waals surface area (Å²) in [6.07, 6.45) is 3.88. The minimum absolute atomic E-state index is 0.118. The smallest absolute Gasteiger partial charge is 0.338 e. The molecule has 0 fully saturated rings. The molecule has 0 saturated carbocycles. The second-order valence-electron chi connectivity index (χ2n) is 6.27. The minimum atomic E-state index is -0.568. The highest BCUT2D eigenvalue weighted by Crippen LogP contribution is 2.17. The van der Waals surface area contributed by atoms with Gasteiger partial charge >= 0.3 is 5.97 Å². The molecule has 0 saturated heterocycles. The summed E-state index contributed by atoms with van der Waals surface area (Å²) < 4.78 is 5.14. The van der Waals surface area contributed by atoms with E-state index in [9.17, 15) is 9.59 Å². The fraction of sp³-hybridized carbons (Fsp3) is 0.238. The standard InChI is InChI=1S/C21H21N3O3/c1-3-17(15-6-4-14(2)5-7-15)24-20(25)13-27-21(26)16-8-9-18-19(12-16)23-11-10-22-18/h4-12,17H,3,13H2,1-2H3,(H,24,25)/t17-/m1/s1. The number of benzene rings is 2. The summed E-state index contributed by atoms with van der Waals surface area (Å²) in [5.74, 6) is -0.905. The summed E-state index contributed by atoms with van der Waals surface area (Å²) in [4.78, 5) is 32.7. The number of carbonyl (C=O) groups excluding carboxylic acids is 2. The first-order valence-electron chi connectivity index (χ1n) is 8.80. The molecule has 2 aromatic carbocycles. The number of hydrogen-bond acceptors (Lipinski definition) is 5. The lowest BCUT2D eigenvalue weighted by Gasteiger charge is -2.17. The predicted octanol–water partition coefficient (Wildman–Crippen LogP) is 3.36. The van der Waals surface area contributed by atoms with Crippen LogP contribution in [0.4, 0.5) is 0 Å². The summed E-state index contributed by atoms with van der Waals surface area (Å²) in [5.41, 5.74) is 3.81. The van der Waals surface area contributed by atoms with Gasteiger partial charge in [0.25, 0.3) is 5.91 Å². The Morgan fingerprint density at radius 2 is 1.74 bits per heavy atom. The molecule has 0 bridgehead atoms. The molecule has 6 nitrogen and oxygen atoms in total. The van der Waals surface area contributed by atoms with E-state index in [1.807, 2.05) is 38.1 Å². The molecular weight excluding hydrogens is 342 g/mol. The first-order chi connectivity index (χ1) is 13.1. The lowest BCUT2D eigenvalue weighted by Crippen LogP contribution is -2.32. The second-order valence-corrected chi connectivity index (χ2v) is 6.27. The normalized spacial score (nSPS) is 11.8. The van der Waals surface area contributed by atoms with Crippen LogP contribution in [0.3, 0.4) is 0 Å². The molecule has 1 heterocycles. The van der Waals surface area contributed by atoms with E-state index in [4.69, 9.17) is 4.74 Å². The molecule has 1 aromatic heterocycles. The number of aromatic nitrogens is 2. The summed E-state index contributed by atoms with van der Waals surface area (Å²) >= 11 is 0. The molecule has 6 heteroatoms. The van der Waals surface area contributed by atoms with Crippen molar-refractivity contribution in [3.05, 3.63) is 71.5 Å². The average Bonchev–Trinajstić information content (AvgIpc) is 2.70. The van der Waals surface area contributed by atoms with Gasteiger partial charge in [-0.05, 0) is 37.1 Å². The van der Waals surface area contributed by atoms with Gasteiger partial charge in [0.05, 0.1) is 22.6 Å². The molecule has 0 aliphatic rings. The SMILES string of the molecule is CC[C@@H](NC(=O)COC(=O)c1ccc2nccnc2c1)c1ccc(C)cc1. The van der Waals surface area contributed by atoms with E-state index in [1.54, 1.807) is 30.6 Å². The van der Waals surface area contributed by atoms with Crippen molar-refractivity contribution in [2.24, 2.45) is 0 Å². The van der Waals surface area contributed by atoms with Crippen molar-refractivity contribution in [3.63, 3.8) is 0 Å². The number of amides is 1. The molecule has 3 aromatic rings. The highest BCUT2D eigenvalue weighted by Gasteiger charge is 2.15. The highest BCUT2D eigenvalue weighted by atomic mass is 16.5. The van der Waals surface area contributed by atoms with Gasteiger partial charge in [0.15, 0.2) is 6.61 Å². The fourth-order valence-corrected chi connectivity index (χ4v) is 2.76. The van der Waals surface area contributed by atoms with E-state index in [1.165, 1.54) is 0 Å². The van der Waals surface area contributed by atoms with E-state index < -0.39 is 5.97 Å². The summed E-state index contributed by atoms with van der Waals surface area (Å²) in [6.45, 7) is 3.67. The van der Waals surface area contributed by atoms with Crippen LogP contribution in [0, 0.1) is 6.92 Å². The van der Waals surface area contributed by atoms with Gasteiger partial charge in [-0.15, -0.1) is 0 Å². The molecule has 0 aliphatic heterocycles. The Bertz CT molecular complexity index is 954. The molecule has 3 rings (SSSR count). The van der Waals surface area contributed by atoms with Crippen LogP contribution in [-0.4, -0.2) is 28.5 Å². The highest BCUT2D eigenvalue weighted by molar-refractivity contribution is 5.94. The van der Waals surface area contributed by atoms with Crippen LogP contribution in [-0.2, 0) is 9.53 Å². The first kappa shape index (κ1) is 18.5. The van der Waals surface area contributed by atoms with E-state index in [-0.39, 0.29) is 18.6 Å². The number of nitrogens with zero attached hydrogens (tertiary/aromatic N) is 2. The van der Waals surface area contributed by atoms with Crippen LogP contribution in [0.5, 0.6) is 0 Å². The number of rotatable bonds is 6. The van der Waals surface area contributed by atoms with Crippen LogP contribution in [0.1, 0.15) is 40.9 Å². The number of ether oxygens (including phenoxy) is 1. The summed E-state index contributed by atoms with van der Waals surface area (Å²) in [5, 5.41) is 2.90. The monoisotopic (exact) mass is 363 g/mol. The topological polar surface area (TPSA) is 81.2 Å². The van der Waals surface area contributed by atoms with Crippen molar-refractivity contribution in [1.29, 1.82) is 0 Å². The van der Waals surface area contributed by atoms with Crippen molar-refractivity contribution in [1.82, 2.24) is 15.3 Å². The zero-order chi connectivity index (χ0) is 19.2. The maximum atomic E-state index is 12.2. The Morgan fingerprint density at radius 1 is 1.04 bits per heavy atom. The van der Waals surface area contributed by atoms with E-state index in [0.29, 0.717) is 16.6 Å². The van der Waals surface area contributed by atoms with Crippen molar-refractivity contribution in [2.45, 2.75) is 26.3 Å². The van der Waals surface area contributed by atoms with Gasteiger partial charge in [-0.25, -0.2) is 4.79 Å². The lowest BCUT2D eigenvalue weighted by molar-refractivity contribution is -0.125. The van der Waals surface area contributed by atoms with Gasteiger partial charge in [0, 0.05) is 12.4 Å². The number of fused-ring (bicyclic) bond motifs is 1. The molecule has 1 amide bonds. The first-order valence-corrected chi connectivity index (χ1v) is 8.80. The largest absolute Gasteiger partial charge is 0.452 e. The Hall–Kier alpha value is -3.28. The van der Waals surface area contributed by atoms with Gasteiger partial charge in [0.2, 0.25) is 0 Å². The number of nitrogens with one attached hydrogen (secondary N) is 1. The van der Waals surface area contributed by atoms with Gasteiger partial charge in [-0.3, -0.25) is 14.8 Å². The Kier molecular flexibility index (Phi) is 5.76. The van der Waals surface area contributed by atoms with E-state index >= 15 is 0 Å².